The minimum atomic E-state index is -0.343. The largest absolute Gasteiger partial charge is 0.380 e. The number of carbonyl (C=O) groups excluding carboxylic acids is 1. The van der Waals surface area contributed by atoms with Gasteiger partial charge in [-0.05, 0) is 75.5 Å². The molecule has 36 heavy (non-hydrogen) atoms. The maximum absolute atomic E-state index is 14.2. The molecule has 3 atom stereocenters. The van der Waals surface area contributed by atoms with E-state index < -0.39 is 0 Å². The summed E-state index contributed by atoms with van der Waals surface area (Å²) in [5.41, 5.74) is 2.73. The van der Waals surface area contributed by atoms with E-state index in [1.54, 1.807) is 13.0 Å². The Hall–Kier alpha value is -1.96. The fourth-order valence-electron chi connectivity index (χ4n) is 4.17. The van der Waals surface area contributed by atoms with Crippen molar-refractivity contribution in [2.45, 2.75) is 91.4 Å². The van der Waals surface area contributed by atoms with Crippen molar-refractivity contribution in [2.75, 3.05) is 19.8 Å². The summed E-state index contributed by atoms with van der Waals surface area (Å²) in [7, 11) is 0. The molecule has 1 aliphatic rings. The van der Waals surface area contributed by atoms with Gasteiger partial charge >= 0.3 is 6.03 Å². The molecule has 5 nitrogen and oxygen atoms in total. The number of carbonyl (C=O) groups is 1. The average molecular weight is 527 g/mol. The summed E-state index contributed by atoms with van der Waals surface area (Å²) in [6.45, 7) is 14.4. The second-order valence-electron chi connectivity index (χ2n) is 9.99. The van der Waals surface area contributed by atoms with Gasteiger partial charge in [0.05, 0.1) is 12.4 Å². The number of amides is 2. The summed E-state index contributed by atoms with van der Waals surface area (Å²) in [6, 6.07) is -0.213. The Bertz CT molecular complexity index is 809. The van der Waals surface area contributed by atoms with Crippen LogP contribution in [-0.2, 0) is 0 Å². The third-order valence-electron chi connectivity index (χ3n) is 6.38. The Labute approximate surface area is 222 Å². The van der Waals surface area contributed by atoms with E-state index in [1.165, 1.54) is 23.6 Å². The van der Waals surface area contributed by atoms with Crippen molar-refractivity contribution < 1.29 is 13.6 Å². The van der Waals surface area contributed by atoms with Crippen molar-refractivity contribution in [3.8, 4) is 0 Å². The van der Waals surface area contributed by atoms with Gasteiger partial charge in [0.15, 0.2) is 0 Å². The SMILES string of the molecule is C/C=C1/NC(CC)(CCCNC(=O)NCC(C)/C=C(NSC(C)C)\C(F)=C/C)CC/C1=C/C(C)CF. The Morgan fingerprint density at radius 2 is 1.92 bits per heavy atom. The molecule has 1 aliphatic heterocycles. The summed E-state index contributed by atoms with van der Waals surface area (Å²) in [6.07, 6.45) is 12.1. The van der Waals surface area contributed by atoms with Gasteiger partial charge in [-0.2, -0.15) is 0 Å². The number of halogens is 2. The molecule has 0 bridgehead atoms. The van der Waals surface area contributed by atoms with Gasteiger partial charge in [0.1, 0.15) is 5.83 Å². The van der Waals surface area contributed by atoms with Crippen LogP contribution in [0.3, 0.4) is 0 Å². The van der Waals surface area contributed by atoms with Gasteiger partial charge in [-0.3, -0.25) is 4.39 Å². The van der Waals surface area contributed by atoms with E-state index in [0.29, 0.717) is 24.0 Å². The number of piperidine rings is 1. The van der Waals surface area contributed by atoms with Crippen LogP contribution >= 0.6 is 11.9 Å². The quantitative estimate of drug-likeness (QED) is 0.111. The van der Waals surface area contributed by atoms with Crippen molar-refractivity contribution in [3.63, 3.8) is 0 Å². The standard InChI is InChI=1S/C28H48F2N4OS/c1-8-24(30)26(34-36-20(4)5)17-22(7)19-32-27(35)31-15-11-13-28(10-3)14-12-23(16-21(6)18-29)25(9-2)33-28/h8-9,16-17,20-22,33-34H,10-15,18-19H2,1-7H3,(H2,31,32,35)/b23-16-,24-8+,25-9+,26-17+. The van der Waals surface area contributed by atoms with Gasteiger partial charge in [-0.1, -0.05) is 52.8 Å². The average Bonchev–Trinajstić information content (AvgIpc) is 2.87. The molecule has 0 aromatic heterocycles. The maximum atomic E-state index is 14.2. The second-order valence-corrected chi connectivity index (χ2v) is 11.4. The summed E-state index contributed by atoms with van der Waals surface area (Å²) < 4.78 is 30.2. The fraction of sp³-hybridized carbons (Fsp3) is 0.679. The van der Waals surface area contributed by atoms with Gasteiger partial charge < -0.3 is 20.7 Å². The van der Waals surface area contributed by atoms with Crippen molar-refractivity contribution in [1.82, 2.24) is 20.7 Å². The smallest absolute Gasteiger partial charge is 0.314 e. The summed E-state index contributed by atoms with van der Waals surface area (Å²) >= 11 is 1.46. The van der Waals surface area contributed by atoms with Gasteiger partial charge in [0.2, 0.25) is 0 Å². The van der Waals surface area contributed by atoms with E-state index in [9.17, 15) is 13.6 Å². The van der Waals surface area contributed by atoms with Crippen molar-refractivity contribution in [2.24, 2.45) is 11.8 Å². The third kappa shape index (κ3) is 11.4. The minimum Gasteiger partial charge on any atom is -0.380 e. The predicted octanol–water partition coefficient (Wildman–Crippen LogP) is 7.07. The Kier molecular flexibility index (Phi) is 14.9. The van der Waals surface area contributed by atoms with E-state index in [4.69, 9.17) is 0 Å². The van der Waals surface area contributed by atoms with E-state index in [-0.39, 0.29) is 35.9 Å². The molecule has 206 valence electrons. The molecule has 8 heteroatoms. The molecule has 1 heterocycles. The highest BCUT2D eigenvalue weighted by atomic mass is 32.2. The van der Waals surface area contributed by atoms with Gasteiger partial charge in [0.25, 0.3) is 0 Å². The third-order valence-corrected chi connectivity index (χ3v) is 7.19. The molecule has 2 amide bonds. The molecular weight excluding hydrogens is 478 g/mol. The first-order valence-corrected chi connectivity index (χ1v) is 14.2. The molecule has 4 N–H and O–H groups in total. The number of hydrogen-bond donors (Lipinski definition) is 4. The number of allylic oxidation sites excluding steroid dienone is 5. The fourth-order valence-corrected chi connectivity index (χ4v) is 4.70. The van der Waals surface area contributed by atoms with Crippen molar-refractivity contribution in [3.05, 3.63) is 47.1 Å². The second kappa shape index (κ2) is 16.7. The van der Waals surface area contributed by atoms with Crippen molar-refractivity contribution >= 4 is 18.0 Å². The number of nitrogens with one attached hydrogen (secondary N) is 4. The summed E-state index contributed by atoms with van der Waals surface area (Å²) in [4.78, 5) is 12.3. The molecule has 0 radical (unpaired) electrons. The van der Waals surface area contributed by atoms with Crippen LogP contribution < -0.4 is 20.7 Å². The molecule has 0 aromatic rings. The lowest BCUT2D eigenvalue weighted by Crippen LogP contribution is -2.48. The van der Waals surface area contributed by atoms with E-state index in [0.717, 1.165) is 37.8 Å². The lowest BCUT2D eigenvalue weighted by atomic mass is 9.79. The van der Waals surface area contributed by atoms with Crippen LogP contribution in [0.2, 0.25) is 0 Å². The monoisotopic (exact) mass is 526 g/mol. The molecular formula is C28H48F2N4OS. The van der Waals surface area contributed by atoms with Crippen LogP contribution in [-0.4, -0.2) is 36.6 Å². The Morgan fingerprint density at radius 3 is 2.50 bits per heavy atom. The highest BCUT2D eigenvalue weighted by Gasteiger charge is 2.33. The van der Waals surface area contributed by atoms with E-state index >= 15 is 0 Å². The number of urea groups is 1. The van der Waals surface area contributed by atoms with Crippen LogP contribution in [0.25, 0.3) is 0 Å². The molecule has 0 aliphatic carbocycles. The molecule has 1 rings (SSSR count). The first-order chi connectivity index (χ1) is 17.1. The lowest BCUT2D eigenvalue weighted by molar-refractivity contribution is 0.237. The predicted molar refractivity (Wildman–Crippen MR) is 151 cm³/mol. The summed E-state index contributed by atoms with van der Waals surface area (Å²) in [5, 5.41) is 9.86. The van der Waals surface area contributed by atoms with Gasteiger partial charge in [-0.25, -0.2) is 9.18 Å². The Balaban J connectivity index is 2.51. The maximum Gasteiger partial charge on any atom is 0.314 e. The Morgan fingerprint density at radius 1 is 1.19 bits per heavy atom. The molecule has 3 unspecified atom stereocenters. The normalized spacial score (nSPS) is 22.9. The topological polar surface area (TPSA) is 65.2 Å². The first-order valence-electron chi connectivity index (χ1n) is 13.3. The first kappa shape index (κ1) is 32.1. The minimum absolute atomic E-state index is 0.0101. The van der Waals surface area contributed by atoms with Crippen molar-refractivity contribution in [1.29, 1.82) is 0 Å². The molecule has 0 saturated carbocycles. The molecule has 1 saturated heterocycles. The number of alkyl halides is 1. The molecule has 0 spiro atoms. The van der Waals surface area contributed by atoms with Gasteiger partial charge in [0, 0.05) is 35.5 Å². The molecule has 1 fully saturated rings. The zero-order valence-corrected chi connectivity index (χ0v) is 24.1. The zero-order valence-electron chi connectivity index (χ0n) is 23.3. The van der Waals surface area contributed by atoms with E-state index in [2.05, 4.69) is 33.7 Å². The van der Waals surface area contributed by atoms with Crippen LogP contribution in [0, 0.1) is 11.8 Å². The number of rotatable bonds is 14. The van der Waals surface area contributed by atoms with E-state index in [1.807, 2.05) is 40.7 Å². The number of hydrogen-bond acceptors (Lipinski definition) is 4. The highest BCUT2D eigenvalue weighted by Crippen LogP contribution is 2.34. The van der Waals surface area contributed by atoms with Crippen LogP contribution in [0.4, 0.5) is 13.6 Å². The van der Waals surface area contributed by atoms with Crippen LogP contribution in [0.15, 0.2) is 47.1 Å². The highest BCUT2D eigenvalue weighted by molar-refractivity contribution is 7.98. The zero-order chi connectivity index (χ0) is 27.1. The summed E-state index contributed by atoms with van der Waals surface area (Å²) in [5.74, 6) is -0.412. The lowest BCUT2D eigenvalue weighted by Gasteiger charge is -2.41. The molecule has 0 aromatic carbocycles. The van der Waals surface area contributed by atoms with Crippen LogP contribution in [0.1, 0.15) is 80.6 Å². The van der Waals surface area contributed by atoms with Crippen LogP contribution in [0.5, 0.6) is 0 Å². The van der Waals surface area contributed by atoms with Gasteiger partial charge in [-0.15, -0.1) is 0 Å².